The molecule has 1 atom stereocenters. The van der Waals surface area contributed by atoms with Crippen molar-refractivity contribution in [3.05, 3.63) is 58.5 Å². The average molecular weight is 354 g/mol. The van der Waals surface area contributed by atoms with Gasteiger partial charge >= 0.3 is 0 Å². The Morgan fingerprint density at radius 1 is 1.32 bits per heavy atom. The third-order valence-electron chi connectivity index (χ3n) is 4.47. The Morgan fingerprint density at radius 3 is 3.04 bits per heavy atom. The fourth-order valence-electron chi connectivity index (χ4n) is 3.22. The van der Waals surface area contributed by atoms with Crippen molar-refractivity contribution in [3.8, 4) is 17.0 Å². The van der Waals surface area contributed by atoms with Crippen molar-refractivity contribution in [1.29, 1.82) is 0 Å². The Hall–Kier alpha value is -2.60. The van der Waals surface area contributed by atoms with Crippen LogP contribution in [-0.2, 0) is 0 Å². The van der Waals surface area contributed by atoms with Crippen LogP contribution in [0, 0.1) is 0 Å². The summed E-state index contributed by atoms with van der Waals surface area (Å²) >= 11 is 1.69. The van der Waals surface area contributed by atoms with Gasteiger partial charge in [0.15, 0.2) is 0 Å². The molecule has 128 valence electrons. The van der Waals surface area contributed by atoms with Crippen molar-refractivity contribution in [3.63, 3.8) is 0 Å². The fraction of sp³-hybridized carbons (Fsp3) is 0.263. The van der Waals surface area contributed by atoms with E-state index in [-0.39, 0.29) is 17.7 Å². The standard InChI is InChI=1S/C19H18N2O3S/c1-23-14-6-2-5-13(11-14)15-12-17(24-20-15)19(22)21-9-3-7-16(21)18-8-4-10-25-18/h2,4-6,8,10-12,16H,3,7,9H2,1H3. The van der Waals surface area contributed by atoms with Crippen LogP contribution in [0.15, 0.2) is 52.4 Å². The van der Waals surface area contributed by atoms with Crippen LogP contribution in [0.4, 0.5) is 0 Å². The zero-order valence-corrected chi connectivity index (χ0v) is 14.7. The summed E-state index contributed by atoms with van der Waals surface area (Å²) in [6.07, 6.45) is 1.99. The second-order valence-corrected chi connectivity index (χ2v) is 6.96. The summed E-state index contributed by atoms with van der Waals surface area (Å²) < 4.78 is 10.6. The molecular formula is C19H18N2O3S. The maximum absolute atomic E-state index is 12.9. The Morgan fingerprint density at radius 2 is 2.24 bits per heavy atom. The lowest BCUT2D eigenvalue weighted by molar-refractivity contribution is 0.0695. The van der Waals surface area contributed by atoms with E-state index in [1.54, 1.807) is 24.5 Å². The third kappa shape index (κ3) is 3.05. The number of carbonyl (C=O) groups excluding carboxylic acids is 1. The van der Waals surface area contributed by atoms with Crippen LogP contribution >= 0.6 is 11.3 Å². The first-order valence-corrected chi connectivity index (χ1v) is 9.10. The molecule has 4 rings (SSSR count). The van der Waals surface area contributed by atoms with Gasteiger partial charge in [0.1, 0.15) is 11.4 Å². The highest BCUT2D eigenvalue weighted by molar-refractivity contribution is 7.10. The molecule has 0 radical (unpaired) electrons. The van der Waals surface area contributed by atoms with Crippen LogP contribution < -0.4 is 4.74 Å². The number of amides is 1. The molecule has 3 aromatic rings. The lowest BCUT2D eigenvalue weighted by Gasteiger charge is -2.22. The summed E-state index contributed by atoms with van der Waals surface area (Å²) in [7, 11) is 1.62. The van der Waals surface area contributed by atoms with Crippen LogP contribution in [0.25, 0.3) is 11.3 Å². The number of aromatic nitrogens is 1. The van der Waals surface area contributed by atoms with Crippen LogP contribution in [0.1, 0.15) is 34.3 Å². The van der Waals surface area contributed by atoms with Crippen molar-refractivity contribution in [2.75, 3.05) is 13.7 Å². The summed E-state index contributed by atoms with van der Waals surface area (Å²) in [5.74, 6) is 0.921. The van der Waals surface area contributed by atoms with Crippen LogP contribution in [0.5, 0.6) is 5.75 Å². The first-order chi connectivity index (χ1) is 12.3. The van der Waals surface area contributed by atoms with E-state index >= 15 is 0 Å². The Bertz CT molecular complexity index is 872. The number of ether oxygens (including phenoxy) is 1. The quantitative estimate of drug-likeness (QED) is 0.697. The monoisotopic (exact) mass is 354 g/mol. The number of benzene rings is 1. The number of carbonyl (C=O) groups is 1. The molecule has 1 fully saturated rings. The van der Waals surface area contributed by atoms with Crippen molar-refractivity contribution < 1.29 is 14.1 Å². The highest BCUT2D eigenvalue weighted by Gasteiger charge is 2.33. The Kier molecular flexibility index (Phi) is 4.28. The van der Waals surface area contributed by atoms with E-state index in [1.165, 1.54) is 4.88 Å². The van der Waals surface area contributed by atoms with Gasteiger partial charge in [-0.2, -0.15) is 0 Å². The molecule has 1 aliphatic heterocycles. The van der Waals surface area contributed by atoms with Crippen LogP contribution in [0.2, 0.25) is 0 Å². The second-order valence-electron chi connectivity index (χ2n) is 5.98. The molecule has 1 aromatic carbocycles. The first kappa shape index (κ1) is 15.9. The number of likely N-dealkylation sites (tertiary alicyclic amines) is 1. The van der Waals surface area contributed by atoms with Crippen molar-refractivity contribution in [2.45, 2.75) is 18.9 Å². The number of methoxy groups -OCH3 is 1. The summed E-state index contributed by atoms with van der Waals surface area (Å²) in [5.41, 5.74) is 1.49. The summed E-state index contributed by atoms with van der Waals surface area (Å²) in [4.78, 5) is 16.0. The molecule has 0 saturated carbocycles. The van der Waals surface area contributed by atoms with Crippen molar-refractivity contribution >= 4 is 17.2 Å². The summed E-state index contributed by atoms with van der Waals surface area (Å²) in [5, 5.41) is 6.11. The molecule has 1 amide bonds. The molecule has 1 unspecified atom stereocenters. The van der Waals surface area contributed by atoms with Gasteiger partial charge in [-0.3, -0.25) is 4.79 Å². The lowest BCUT2D eigenvalue weighted by atomic mass is 10.1. The van der Waals surface area contributed by atoms with Gasteiger partial charge < -0.3 is 14.2 Å². The number of thiophene rings is 1. The molecule has 5 nitrogen and oxygen atoms in total. The Balaban J connectivity index is 1.58. The van der Waals surface area contributed by atoms with Gasteiger partial charge in [-0.1, -0.05) is 23.4 Å². The average Bonchev–Trinajstić information content (AvgIpc) is 3.41. The van der Waals surface area contributed by atoms with Gasteiger partial charge in [0.2, 0.25) is 5.76 Å². The zero-order valence-electron chi connectivity index (χ0n) is 13.8. The molecule has 1 saturated heterocycles. The molecule has 6 heteroatoms. The van der Waals surface area contributed by atoms with Gasteiger partial charge in [0.25, 0.3) is 5.91 Å². The molecule has 0 N–H and O–H groups in total. The molecule has 2 aromatic heterocycles. The van der Waals surface area contributed by atoms with Crippen LogP contribution in [0.3, 0.4) is 0 Å². The van der Waals surface area contributed by atoms with E-state index in [0.29, 0.717) is 5.69 Å². The second kappa shape index (κ2) is 6.72. The van der Waals surface area contributed by atoms with Gasteiger partial charge in [0.05, 0.1) is 13.2 Å². The van der Waals surface area contributed by atoms with Crippen LogP contribution in [-0.4, -0.2) is 29.6 Å². The smallest absolute Gasteiger partial charge is 0.293 e. The first-order valence-electron chi connectivity index (χ1n) is 8.22. The van der Waals surface area contributed by atoms with E-state index in [2.05, 4.69) is 11.2 Å². The minimum atomic E-state index is -0.0995. The van der Waals surface area contributed by atoms with Gasteiger partial charge in [0, 0.05) is 23.1 Å². The van der Waals surface area contributed by atoms with Crippen molar-refractivity contribution in [2.24, 2.45) is 0 Å². The normalized spacial score (nSPS) is 17.0. The van der Waals surface area contributed by atoms with E-state index in [1.807, 2.05) is 40.6 Å². The fourth-order valence-corrected chi connectivity index (χ4v) is 4.10. The van der Waals surface area contributed by atoms with Gasteiger partial charge in [-0.15, -0.1) is 11.3 Å². The largest absolute Gasteiger partial charge is 0.497 e. The summed E-state index contributed by atoms with van der Waals surface area (Å²) in [6.45, 7) is 0.747. The molecular weight excluding hydrogens is 336 g/mol. The predicted octanol–water partition coefficient (Wildman–Crippen LogP) is 4.39. The molecule has 0 aliphatic carbocycles. The number of hydrogen-bond donors (Lipinski definition) is 0. The minimum absolute atomic E-state index is 0.0995. The number of nitrogens with zero attached hydrogens (tertiary/aromatic N) is 2. The highest BCUT2D eigenvalue weighted by atomic mass is 32.1. The minimum Gasteiger partial charge on any atom is -0.497 e. The Labute approximate surface area is 149 Å². The highest BCUT2D eigenvalue weighted by Crippen LogP contribution is 2.35. The number of hydrogen-bond acceptors (Lipinski definition) is 5. The zero-order chi connectivity index (χ0) is 17.2. The van der Waals surface area contributed by atoms with E-state index in [9.17, 15) is 4.79 Å². The van der Waals surface area contributed by atoms with Crippen molar-refractivity contribution in [1.82, 2.24) is 10.1 Å². The maximum Gasteiger partial charge on any atom is 0.293 e. The van der Waals surface area contributed by atoms with E-state index < -0.39 is 0 Å². The molecule has 0 bridgehead atoms. The number of rotatable bonds is 4. The van der Waals surface area contributed by atoms with E-state index in [0.717, 1.165) is 30.7 Å². The third-order valence-corrected chi connectivity index (χ3v) is 5.45. The molecule has 1 aliphatic rings. The predicted molar refractivity (Wildman–Crippen MR) is 95.8 cm³/mol. The topological polar surface area (TPSA) is 55.6 Å². The lowest BCUT2D eigenvalue weighted by Crippen LogP contribution is -2.29. The maximum atomic E-state index is 12.9. The molecule has 25 heavy (non-hydrogen) atoms. The van der Waals surface area contributed by atoms with Gasteiger partial charge in [-0.05, 0) is 36.4 Å². The van der Waals surface area contributed by atoms with Gasteiger partial charge in [-0.25, -0.2) is 0 Å². The molecule has 3 heterocycles. The SMILES string of the molecule is COc1cccc(-c2cc(C(=O)N3CCCC3c3cccs3)on2)c1. The van der Waals surface area contributed by atoms with E-state index in [4.69, 9.17) is 9.26 Å². The summed E-state index contributed by atoms with van der Waals surface area (Å²) in [6, 6.07) is 13.5. The molecule has 0 spiro atoms.